The molecule has 31 heavy (non-hydrogen) atoms. The third-order valence-corrected chi connectivity index (χ3v) is 4.73. The quantitative estimate of drug-likeness (QED) is 0.552. The SMILES string of the molecule is COc1ccc(CNC(=O)[C@H](C)OC(=O)c2cnc3c(cnn3C(C)C)c2)cc1OC. The van der Waals surface area contributed by atoms with Crippen LogP contribution in [0.25, 0.3) is 11.0 Å². The Bertz CT molecular complexity index is 1090. The molecule has 0 aliphatic carbocycles. The van der Waals surface area contributed by atoms with E-state index in [1.165, 1.54) is 13.1 Å². The van der Waals surface area contributed by atoms with Crippen LogP contribution >= 0.6 is 0 Å². The Morgan fingerprint density at radius 1 is 1.06 bits per heavy atom. The normalized spacial score (nSPS) is 11.9. The van der Waals surface area contributed by atoms with Crippen LogP contribution in [0.2, 0.25) is 0 Å². The fraction of sp³-hybridized carbons (Fsp3) is 0.364. The van der Waals surface area contributed by atoms with Crippen molar-refractivity contribution < 1.29 is 23.8 Å². The van der Waals surface area contributed by atoms with E-state index in [-0.39, 0.29) is 18.2 Å². The number of carbonyl (C=O) groups excluding carboxylic acids is 2. The number of esters is 1. The van der Waals surface area contributed by atoms with E-state index in [2.05, 4.69) is 15.4 Å². The van der Waals surface area contributed by atoms with Crippen LogP contribution in [0.15, 0.2) is 36.7 Å². The Kier molecular flexibility index (Phi) is 6.74. The lowest BCUT2D eigenvalue weighted by Crippen LogP contribution is -2.35. The summed E-state index contributed by atoms with van der Waals surface area (Å²) in [6, 6.07) is 7.15. The highest BCUT2D eigenvalue weighted by molar-refractivity contribution is 5.94. The molecule has 9 heteroatoms. The lowest BCUT2D eigenvalue weighted by molar-refractivity contribution is -0.129. The van der Waals surface area contributed by atoms with Gasteiger partial charge in [0, 0.05) is 24.2 Å². The largest absolute Gasteiger partial charge is 0.493 e. The minimum atomic E-state index is -0.971. The minimum Gasteiger partial charge on any atom is -0.493 e. The summed E-state index contributed by atoms with van der Waals surface area (Å²) >= 11 is 0. The maximum atomic E-state index is 12.5. The molecule has 2 heterocycles. The van der Waals surface area contributed by atoms with E-state index in [1.54, 1.807) is 43.3 Å². The van der Waals surface area contributed by atoms with Crippen LogP contribution in [0.4, 0.5) is 0 Å². The smallest absolute Gasteiger partial charge is 0.340 e. The topological polar surface area (TPSA) is 105 Å². The number of benzene rings is 1. The van der Waals surface area contributed by atoms with Crippen molar-refractivity contribution in [2.75, 3.05) is 14.2 Å². The maximum absolute atomic E-state index is 12.5. The van der Waals surface area contributed by atoms with E-state index in [9.17, 15) is 9.59 Å². The number of aromatic nitrogens is 3. The number of rotatable bonds is 8. The maximum Gasteiger partial charge on any atom is 0.340 e. The van der Waals surface area contributed by atoms with Gasteiger partial charge in [-0.25, -0.2) is 14.5 Å². The van der Waals surface area contributed by atoms with Crippen LogP contribution in [0.1, 0.15) is 42.7 Å². The summed E-state index contributed by atoms with van der Waals surface area (Å²) < 4.78 is 17.5. The Balaban J connectivity index is 1.60. The van der Waals surface area contributed by atoms with Gasteiger partial charge in [-0.3, -0.25) is 4.79 Å². The fourth-order valence-corrected chi connectivity index (χ4v) is 3.04. The number of carbonyl (C=O) groups is 2. The number of fused-ring (bicyclic) bond motifs is 1. The van der Waals surface area contributed by atoms with Gasteiger partial charge in [0.05, 0.1) is 26.0 Å². The third kappa shape index (κ3) is 4.93. The molecule has 0 aliphatic heterocycles. The van der Waals surface area contributed by atoms with Crippen molar-refractivity contribution in [2.45, 2.75) is 39.5 Å². The van der Waals surface area contributed by atoms with Crippen LogP contribution in [0.3, 0.4) is 0 Å². The van der Waals surface area contributed by atoms with E-state index in [4.69, 9.17) is 14.2 Å². The average molecular weight is 426 g/mol. The molecule has 0 radical (unpaired) electrons. The summed E-state index contributed by atoms with van der Waals surface area (Å²) in [5, 5.41) is 7.76. The van der Waals surface area contributed by atoms with E-state index >= 15 is 0 Å². The zero-order chi connectivity index (χ0) is 22.5. The van der Waals surface area contributed by atoms with E-state index < -0.39 is 18.0 Å². The lowest BCUT2D eigenvalue weighted by atomic mass is 10.2. The first-order valence-corrected chi connectivity index (χ1v) is 9.87. The Morgan fingerprint density at radius 3 is 2.48 bits per heavy atom. The number of methoxy groups -OCH3 is 2. The second kappa shape index (κ2) is 9.46. The number of hydrogen-bond donors (Lipinski definition) is 1. The van der Waals surface area contributed by atoms with Gasteiger partial charge in [0.25, 0.3) is 5.91 Å². The minimum absolute atomic E-state index is 0.150. The standard InChI is InChI=1S/C22H26N4O5/c1-13(2)26-20-16(12-25-26)9-17(11-23-20)22(28)31-14(3)21(27)24-10-15-6-7-18(29-4)19(8-15)30-5/h6-9,11-14H,10H2,1-5H3,(H,24,27)/t14-/m0/s1. The predicted octanol–water partition coefficient (Wildman–Crippen LogP) is 2.89. The van der Waals surface area contributed by atoms with Gasteiger partial charge < -0.3 is 19.5 Å². The van der Waals surface area contributed by atoms with Crippen molar-refractivity contribution in [3.63, 3.8) is 0 Å². The summed E-state index contributed by atoms with van der Waals surface area (Å²) in [5.74, 6) is 0.132. The molecule has 9 nitrogen and oxygen atoms in total. The summed E-state index contributed by atoms with van der Waals surface area (Å²) in [4.78, 5) is 29.2. The molecule has 1 N–H and O–H groups in total. The van der Waals surface area contributed by atoms with Gasteiger partial charge in [0.15, 0.2) is 23.3 Å². The summed E-state index contributed by atoms with van der Waals surface area (Å²) in [5.41, 5.74) is 1.77. The van der Waals surface area contributed by atoms with Crippen LogP contribution in [-0.2, 0) is 16.1 Å². The lowest BCUT2D eigenvalue weighted by Gasteiger charge is -2.14. The molecule has 3 aromatic rings. The van der Waals surface area contributed by atoms with Crippen LogP contribution < -0.4 is 14.8 Å². The molecule has 1 amide bonds. The third-order valence-electron chi connectivity index (χ3n) is 4.73. The fourth-order valence-electron chi connectivity index (χ4n) is 3.04. The van der Waals surface area contributed by atoms with Crippen molar-refractivity contribution in [2.24, 2.45) is 0 Å². The summed E-state index contributed by atoms with van der Waals surface area (Å²) in [6.07, 6.45) is 2.11. The molecule has 164 valence electrons. The number of ether oxygens (including phenoxy) is 3. The highest BCUT2D eigenvalue weighted by atomic mass is 16.5. The number of nitrogens with zero attached hydrogens (tertiary/aromatic N) is 3. The summed E-state index contributed by atoms with van der Waals surface area (Å²) in [7, 11) is 3.10. The average Bonchev–Trinajstić information content (AvgIpc) is 3.20. The predicted molar refractivity (Wildman–Crippen MR) is 114 cm³/mol. The van der Waals surface area contributed by atoms with Gasteiger partial charge in [-0.05, 0) is 44.5 Å². The van der Waals surface area contributed by atoms with Crippen molar-refractivity contribution in [3.05, 3.63) is 47.8 Å². The van der Waals surface area contributed by atoms with Crippen LogP contribution in [0, 0.1) is 0 Å². The first-order valence-electron chi connectivity index (χ1n) is 9.87. The molecule has 0 saturated carbocycles. The van der Waals surface area contributed by atoms with Gasteiger partial charge in [-0.1, -0.05) is 6.07 Å². The Hall–Kier alpha value is -3.62. The molecule has 2 aromatic heterocycles. The number of pyridine rings is 1. The first kappa shape index (κ1) is 22.1. The number of amides is 1. The molecule has 0 spiro atoms. The molecule has 1 atom stereocenters. The van der Waals surface area contributed by atoms with Gasteiger partial charge in [0.2, 0.25) is 0 Å². The Morgan fingerprint density at radius 2 is 1.81 bits per heavy atom. The molecule has 0 fully saturated rings. The second-order valence-electron chi connectivity index (χ2n) is 7.27. The van der Waals surface area contributed by atoms with Gasteiger partial charge in [-0.15, -0.1) is 0 Å². The summed E-state index contributed by atoms with van der Waals surface area (Å²) in [6.45, 7) is 5.77. The number of nitrogens with one attached hydrogen (secondary N) is 1. The molecule has 0 unspecified atom stereocenters. The van der Waals surface area contributed by atoms with Gasteiger partial charge in [-0.2, -0.15) is 5.10 Å². The van der Waals surface area contributed by atoms with E-state index in [1.807, 2.05) is 19.9 Å². The zero-order valence-electron chi connectivity index (χ0n) is 18.2. The molecule has 0 bridgehead atoms. The first-order chi connectivity index (χ1) is 14.8. The molecule has 0 saturated heterocycles. The van der Waals surface area contributed by atoms with Gasteiger partial charge in [0.1, 0.15) is 0 Å². The van der Waals surface area contributed by atoms with Crippen LogP contribution in [-0.4, -0.2) is 47.0 Å². The number of hydrogen-bond acceptors (Lipinski definition) is 7. The van der Waals surface area contributed by atoms with Crippen molar-refractivity contribution in [1.29, 1.82) is 0 Å². The van der Waals surface area contributed by atoms with Crippen molar-refractivity contribution in [1.82, 2.24) is 20.1 Å². The second-order valence-corrected chi connectivity index (χ2v) is 7.27. The van der Waals surface area contributed by atoms with E-state index in [0.29, 0.717) is 17.1 Å². The van der Waals surface area contributed by atoms with Crippen molar-refractivity contribution in [3.8, 4) is 11.5 Å². The highest BCUT2D eigenvalue weighted by Gasteiger charge is 2.20. The molecule has 3 rings (SSSR count). The van der Waals surface area contributed by atoms with E-state index in [0.717, 1.165) is 10.9 Å². The van der Waals surface area contributed by atoms with Gasteiger partial charge >= 0.3 is 5.97 Å². The Labute approximate surface area is 180 Å². The molecule has 1 aromatic carbocycles. The highest BCUT2D eigenvalue weighted by Crippen LogP contribution is 2.27. The zero-order valence-corrected chi connectivity index (χ0v) is 18.2. The molecular weight excluding hydrogens is 400 g/mol. The van der Waals surface area contributed by atoms with Crippen molar-refractivity contribution >= 4 is 22.9 Å². The van der Waals surface area contributed by atoms with Crippen LogP contribution in [0.5, 0.6) is 11.5 Å². The molecular formula is C22H26N4O5. The monoisotopic (exact) mass is 426 g/mol. The molecule has 0 aliphatic rings.